The lowest BCUT2D eigenvalue weighted by molar-refractivity contribution is -0.127. The minimum absolute atomic E-state index is 0.0141. The van der Waals surface area contributed by atoms with Crippen molar-refractivity contribution in [2.24, 2.45) is 0 Å². The van der Waals surface area contributed by atoms with Gasteiger partial charge in [-0.3, -0.25) is 9.00 Å². The van der Waals surface area contributed by atoms with Crippen LogP contribution in [0.25, 0.3) is 0 Å². The van der Waals surface area contributed by atoms with E-state index in [9.17, 15) is 9.00 Å². The Morgan fingerprint density at radius 1 is 1.50 bits per heavy atom. The highest BCUT2D eigenvalue weighted by molar-refractivity contribution is 7.86. The molecule has 0 spiro atoms. The largest absolute Gasteiger partial charge is 0.398 e. The quantitative estimate of drug-likeness (QED) is 0.836. The summed E-state index contributed by atoms with van der Waals surface area (Å²) in [4.78, 5) is 14.1. The lowest BCUT2D eigenvalue weighted by Crippen LogP contribution is -2.32. The second kappa shape index (κ2) is 5.10. The fourth-order valence-electron chi connectivity index (χ4n) is 1.83. The number of anilines is 1. The number of carbonyl (C=O) groups is 1. The molecule has 1 unspecified atom stereocenters. The van der Waals surface area contributed by atoms with Crippen molar-refractivity contribution in [1.29, 1.82) is 0 Å². The highest BCUT2D eigenvalue weighted by Crippen LogP contribution is 2.26. The van der Waals surface area contributed by atoms with E-state index in [0.717, 1.165) is 18.4 Å². The van der Waals surface area contributed by atoms with Crippen LogP contribution >= 0.6 is 0 Å². The summed E-state index contributed by atoms with van der Waals surface area (Å²) in [5.41, 5.74) is 7.35. The fraction of sp³-hybridized carbons (Fsp3) is 0.462. The molecule has 1 aromatic rings. The summed E-state index contributed by atoms with van der Waals surface area (Å²) in [6, 6.07) is 5.73. The van der Waals surface area contributed by atoms with E-state index in [1.165, 1.54) is 0 Å². The molecule has 1 saturated carbocycles. The number of amides is 1. The summed E-state index contributed by atoms with van der Waals surface area (Å²) < 4.78 is 12.1. The molecule has 4 nitrogen and oxygen atoms in total. The molecule has 1 amide bonds. The maximum atomic E-state index is 12.1. The minimum atomic E-state index is -1.36. The van der Waals surface area contributed by atoms with Crippen LogP contribution in [-0.4, -0.2) is 33.9 Å². The number of aryl methyl sites for hydroxylation is 1. The molecule has 0 radical (unpaired) electrons. The normalized spacial score (nSPS) is 16.3. The Morgan fingerprint density at radius 2 is 2.17 bits per heavy atom. The van der Waals surface area contributed by atoms with E-state index in [2.05, 4.69) is 0 Å². The number of nitrogens with two attached hydrogens (primary N) is 1. The smallest absolute Gasteiger partial charge is 0.235 e. The Balaban J connectivity index is 2.04. The average Bonchev–Trinajstić information content (AvgIpc) is 3.11. The van der Waals surface area contributed by atoms with Crippen LogP contribution in [0, 0.1) is 6.92 Å². The lowest BCUT2D eigenvalue weighted by atomic mass is 10.2. The topological polar surface area (TPSA) is 63.4 Å². The molecule has 1 fully saturated rings. The molecule has 5 heteroatoms. The van der Waals surface area contributed by atoms with Crippen LogP contribution in [0.3, 0.4) is 0 Å². The SMILES string of the molecule is Cc1ccc(S(=O)CC(=O)N(C)C2CC2)c(N)c1. The Hall–Kier alpha value is -1.36. The van der Waals surface area contributed by atoms with E-state index < -0.39 is 10.8 Å². The number of benzene rings is 1. The van der Waals surface area contributed by atoms with Crippen LogP contribution in [-0.2, 0) is 15.6 Å². The van der Waals surface area contributed by atoms with Gasteiger partial charge in [0.05, 0.1) is 15.7 Å². The zero-order valence-electron chi connectivity index (χ0n) is 10.7. The van der Waals surface area contributed by atoms with Crippen molar-refractivity contribution in [1.82, 2.24) is 4.90 Å². The molecule has 98 valence electrons. The predicted molar refractivity (Wildman–Crippen MR) is 72.7 cm³/mol. The van der Waals surface area contributed by atoms with E-state index in [0.29, 0.717) is 16.6 Å². The summed E-state index contributed by atoms with van der Waals surface area (Å²) in [7, 11) is 0.415. The van der Waals surface area contributed by atoms with E-state index >= 15 is 0 Å². The molecule has 0 aliphatic heterocycles. The first-order chi connectivity index (χ1) is 8.49. The molecule has 2 rings (SSSR count). The number of carbonyl (C=O) groups excluding carboxylic acids is 1. The number of rotatable bonds is 4. The molecule has 2 N–H and O–H groups in total. The highest BCUT2D eigenvalue weighted by atomic mass is 32.2. The molecule has 1 aromatic carbocycles. The Morgan fingerprint density at radius 3 is 2.72 bits per heavy atom. The van der Waals surface area contributed by atoms with Crippen molar-refractivity contribution in [3.63, 3.8) is 0 Å². The second-order valence-electron chi connectivity index (χ2n) is 4.77. The molecule has 0 saturated heterocycles. The maximum Gasteiger partial charge on any atom is 0.235 e. The van der Waals surface area contributed by atoms with E-state index in [1.807, 2.05) is 13.0 Å². The lowest BCUT2D eigenvalue weighted by Gasteiger charge is -2.16. The summed E-state index contributed by atoms with van der Waals surface area (Å²) in [5.74, 6) is -0.0592. The van der Waals surface area contributed by atoms with Crippen LogP contribution < -0.4 is 5.73 Å². The standard InChI is InChI=1S/C13H18N2O2S/c1-9-3-6-12(11(14)7-9)18(17)8-13(16)15(2)10-4-5-10/h3,6-7,10H,4-5,8,14H2,1-2H3. The molecule has 1 aliphatic carbocycles. The number of hydrogen-bond donors (Lipinski definition) is 1. The number of nitrogen functional groups attached to an aromatic ring is 1. The zero-order chi connectivity index (χ0) is 13.3. The maximum absolute atomic E-state index is 12.1. The van der Waals surface area contributed by atoms with Gasteiger partial charge in [0.25, 0.3) is 0 Å². The van der Waals surface area contributed by atoms with Crippen molar-refractivity contribution in [2.45, 2.75) is 30.7 Å². The van der Waals surface area contributed by atoms with E-state index in [-0.39, 0.29) is 11.7 Å². The van der Waals surface area contributed by atoms with Gasteiger partial charge in [0.1, 0.15) is 5.75 Å². The first-order valence-electron chi connectivity index (χ1n) is 5.99. The number of nitrogens with zero attached hydrogens (tertiary/aromatic N) is 1. The van der Waals surface area contributed by atoms with Gasteiger partial charge in [0.2, 0.25) is 5.91 Å². The third-order valence-electron chi connectivity index (χ3n) is 3.15. The van der Waals surface area contributed by atoms with Gasteiger partial charge in [-0.15, -0.1) is 0 Å². The Kier molecular flexibility index (Phi) is 3.71. The van der Waals surface area contributed by atoms with Gasteiger partial charge in [0, 0.05) is 18.8 Å². The van der Waals surface area contributed by atoms with Crippen LogP contribution in [0.4, 0.5) is 5.69 Å². The summed E-state index contributed by atoms with van der Waals surface area (Å²) in [6.45, 7) is 1.93. The van der Waals surface area contributed by atoms with Crippen molar-refractivity contribution >= 4 is 22.4 Å². The molecule has 1 atom stereocenters. The van der Waals surface area contributed by atoms with Crippen molar-refractivity contribution in [3.8, 4) is 0 Å². The van der Waals surface area contributed by atoms with Gasteiger partial charge in [0.15, 0.2) is 0 Å². The minimum Gasteiger partial charge on any atom is -0.398 e. The van der Waals surface area contributed by atoms with Crippen molar-refractivity contribution < 1.29 is 9.00 Å². The van der Waals surface area contributed by atoms with Gasteiger partial charge in [-0.1, -0.05) is 6.07 Å². The van der Waals surface area contributed by atoms with Gasteiger partial charge in [-0.25, -0.2) is 0 Å². The molecular weight excluding hydrogens is 248 g/mol. The van der Waals surface area contributed by atoms with Crippen LogP contribution in [0.5, 0.6) is 0 Å². The third-order valence-corrected chi connectivity index (χ3v) is 4.52. The zero-order valence-corrected chi connectivity index (χ0v) is 11.5. The molecule has 1 aliphatic rings. The molecule has 0 aromatic heterocycles. The Labute approximate surface area is 110 Å². The summed E-state index contributed by atoms with van der Waals surface area (Å²) in [5, 5.41) is 0. The summed E-state index contributed by atoms with van der Waals surface area (Å²) >= 11 is 0. The van der Waals surface area contributed by atoms with E-state index in [1.54, 1.807) is 24.1 Å². The first kappa shape index (κ1) is 13.1. The molecular formula is C13H18N2O2S. The molecule has 0 heterocycles. The van der Waals surface area contributed by atoms with Gasteiger partial charge in [-0.05, 0) is 37.5 Å². The third kappa shape index (κ3) is 2.90. The second-order valence-corrected chi connectivity index (χ2v) is 6.19. The predicted octanol–water partition coefficient (Wildman–Crippen LogP) is 1.31. The number of hydrogen-bond acceptors (Lipinski definition) is 3. The van der Waals surface area contributed by atoms with Gasteiger partial charge >= 0.3 is 0 Å². The van der Waals surface area contributed by atoms with Gasteiger partial charge in [-0.2, -0.15) is 0 Å². The average molecular weight is 266 g/mol. The van der Waals surface area contributed by atoms with Gasteiger partial charge < -0.3 is 10.6 Å². The monoisotopic (exact) mass is 266 g/mol. The summed E-state index contributed by atoms with van der Waals surface area (Å²) in [6.07, 6.45) is 2.11. The van der Waals surface area contributed by atoms with Crippen LogP contribution in [0.15, 0.2) is 23.1 Å². The fourth-order valence-corrected chi connectivity index (χ4v) is 2.96. The van der Waals surface area contributed by atoms with E-state index in [4.69, 9.17) is 5.73 Å². The van der Waals surface area contributed by atoms with Crippen molar-refractivity contribution in [2.75, 3.05) is 18.5 Å². The molecule has 18 heavy (non-hydrogen) atoms. The first-order valence-corrected chi connectivity index (χ1v) is 7.31. The van der Waals surface area contributed by atoms with Crippen LogP contribution in [0.1, 0.15) is 18.4 Å². The molecule has 0 bridgehead atoms. The van der Waals surface area contributed by atoms with Crippen LogP contribution in [0.2, 0.25) is 0 Å². The highest BCUT2D eigenvalue weighted by Gasteiger charge is 2.30. The Bertz CT molecular complexity index is 498. The van der Waals surface area contributed by atoms with Crippen molar-refractivity contribution in [3.05, 3.63) is 23.8 Å².